The van der Waals surface area contributed by atoms with Crippen molar-refractivity contribution in [1.82, 2.24) is 9.88 Å². The van der Waals surface area contributed by atoms with Crippen molar-refractivity contribution >= 4 is 5.78 Å². The Hall–Kier alpha value is -1.09. The number of carbonyl (C=O) groups excluding carboxylic acids is 1. The Morgan fingerprint density at radius 2 is 2.20 bits per heavy atom. The Bertz CT molecular complexity index is 308. The van der Waals surface area contributed by atoms with Gasteiger partial charge in [-0.2, -0.15) is 0 Å². The van der Waals surface area contributed by atoms with Gasteiger partial charge in [0, 0.05) is 37.8 Å². The molecule has 1 aromatic heterocycles. The summed E-state index contributed by atoms with van der Waals surface area (Å²) in [5.74, 6) is 0.432. The molecule has 0 radical (unpaired) electrons. The molecule has 3 nitrogen and oxygen atoms in total. The van der Waals surface area contributed by atoms with E-state index < -0.39 is 0 Å². The first kappa shape index (κ1) is 10.4. The van der Waals surface area contributed by atoms with Crippen molar-refractivity contribution in [3.8, 4) is 0 Å². The third-order valence-electron chi connectivity index (χ3n) is 3.23. The number of carbonyl (C=O) groups is 1. The van der Waals surface area contributed by atoms with E-state index in [1.54, 1.807) is 0 Å². The lowest BCUT2D eigenvalue weighted by atomic mass is 9.93. The molecule has 15 heavy (non-hydrogen) atoms. The highest BCUT2D eigenvalue weighted by Gasteiger charge is 2.21. The Morgan fingerprint density at radius 3 is 2.80 bits per heavy atom. The Morgan fingerprint density at radius 1 is 1.47 bits per heavy atom. The first-order chi connectivity index (χ1) is 7.25. The molecule has 0 atom stereocenters. The predicted molar refractivity (Wildman–Crippen MR) is 59.5 cm³/mol. The first-order valence-corrected chi connectivity index (χ1v) is 5.59. The monoisotopic (exact) mass is 206 g/mol. The molecule has 1 fully saturated rings. The highest BCUT2D eigenvalue weighted by Crippen LogP contribution is 2.20. The van der Waals surface area contributed by atoms with Gasteiger partial charge >= 0.3 is 0 Å². The van der Waals surface area contributed by atoms with Gasteiger partial charge in [-0.3, -0.25) is 9.69 Å². The number of rotatable bonds is 3. The van der Waals surface area contributed by atoms with E-state index in [1.807, 2.05) is 12.4 Å². The lowest BCUT2D eigenvalue weighted by Crippen LogP contribution is -2.34. The maximum Gasteiger partial charge on any atom is 0.133 e. The van der Waals surface area contributed by atoms with Crippen molar-refractivity contribution < 1.29 is 4.79 Å². The summed E-state index contributed by atoms with van der Waals surface area (Å²) < 4.78 is 0. The molecule has 0 bridgehead atoms. The molecule has 0 unspecified atom stereocenters. The Labute approximate surface area is 90.5 Å². The Balaban J connectivity index is 1.85. The highest BCUT2D eigenvalue weighted by atomic mass is 16.1. The number of aromatic nitrogens is 1. The molecule has 1 saturated carbocycles. The summed E-state index contributed by atoms with van der Waals surface area (Å²) in [6.45, 7) is 0.975. The molecule has 1 N–H and O–H groups in total. The molecule has 1 aromatic rings. The van der Waals surface area contributed by atoms with Gasteiger partial charge in [-0.25, -0.2) is 0 Å². The second-order valence-corrected chi connectivity index (χ2v) is 4.40. The van der Waals surface area contributed by atoms with Crippen LogP contribution in [0.5, 0.6) is 0 Å². The van der Waals surface area contributed by atoms with Crippen LogP contribution in [0.4, 0.5) is 0 Å². The molecular weight excluding hydrogens is 188 g/mol. The van der Waals surface area contributed by atoms with Crippen LogP contribution in [0.25, 0.3) is 0 Å². The molecule has 0 aliphatic heterocycles. The number of aromatic amines is 1. The largest absolute Gasteiger partial charge is 0.367 e. The number of H-pyrrole nitrogens is 1. The fourth-order valence-electron chi connectivity index (χ4n) is 2.24. The fraction of sp³-hybridized carbons (Fsp3) is 0.583. The van der Waals surface area contributed by atoms with Crippen LogP contribution >= 0.6 is 0 Å². The molecule has 1 heterocycles. The van der Waals surface area contributed by atoms with E-state index in [0.717, 1.165) is 32.2 Å². The molecule has 0 saturated heterocycles. The molecule has 0 aromatic carbocycles. The summed E-state index contributed by atoms with van der Waals surface area (Å²) in [5.41, 5.74) is 1.31. The van der Waals surface area contributed by atoms with Gasteiger partial charge in [0.1, 0.15) is 5.78 Å². The minimum atomic E-state index is 0.432. The smallest absolute Gasteiger partial charge is 0.133 e. The van der Waals surface area contributed by atoms with Gasteiger partial charge in [0.25, 0.3) is 0 Å². The minimum Gasteiger partial charge on any atom is -0.367 e. The van der Waals surface area contributed by atoms with Crippen molar-refractivity contribution in [3.05, 3.63) is 24.0 Å². The number of nitrogens with zero attached hydrogens (tertiary/aromatic N) is 1. The topological polar surface area (TPSA) is 36.1 Å². The van der Waals surface area contributed by atoms with Crippen LogP contribution in [0.1, 0.15) is 31.2 Å². The van der Waals surface area contributed by atoms with E-state index >= 15 is 0 Å². The SMILES string of the molecule is CN(Cc1cc[nH]c1)C1CCC(=O)CC1. The summed E-state index contributed by atoms with van der Waals surface area (Å²) in [4.78, 5) is 16.5. The van der Waals surface area contributed by atoms with Gasteiger partial charge in [-0.1, -0.05) is 0 Å². The summed E-state index contributed by atoms with van der Waals surface area (Å²) in [7, 11) is 2.15. The lowest BCUT2D eigenvalue weighted by Gasteiger charge is -2.30. The molecule has 0 amide bonds. The average Bonchev–Trinajstić information content (AvgIpc) is 2.71. The van der Waals surface area contributed by atoms with Crippen LogP contribution in [0.2, 0.25) is 0 Å². The molecule has 1 aliphatic rings. The maximum atomic E-state index is 11.1. The van der Waals surface area contributed by atoms with Gasteiger partial charge in [-0.15, -0.1) is 0 Å². The first-order valence-electron chi connectivity index (χ1n) is 5.59. The van der Waals surface area contributed by atoms with Crippen molar-refractivity contribution in [2.24, 2.45) is 0 Å². The fourth-order valence-corrected chi connectivity index (χ4v) is 2.24. The number of hydrogen-bond donors (Lipinski definition) is 1. The van der Waals surface area contributed by atoms with E-state index in [2.05, 4.69) is 23.0 Å². The second kappa shape index (κ2) is 4.62. The van der Waals surface area contributed by atoms with Crippen LogP contribution in [-0.2, 0) is 11.3 Å². The molecule has 2 rings (SSSR count). The third-order valence-corrected chi connectivity index (χ3v) is 3.23. The second-order valence-electron chi connectivity index (χ2n) is 4.40. The molecule has 3 heteroatoms. The number of ketones is 1. The minimum absolute atomic E-state index is 0.432. The number of hydrogen-bond acceptors (Lipinski definition) is 2. The number of nitrogens with one attached hydrogen (secondary N) is 1. The van der Waals surface area contributed by atoms with Gasteiger partial charge in [0.05, 0.1) is 0 Å². The van der Waals surface area contributed by atoms with Crippen LogP contribution in [-0.4, -0.2) is 28.8 Å². The zero-order valence-electron chi connectivity index (χ0n) is 9.20. The molecule has 82 valence electrons. The summed E-state index contributed by atoms with van der Waals surface area (Å²) in [6, 6.07) is 2.68. The molecule has 1 aliphatic carbocycles. The Kier molecular flexibility index (Phi) is 3.21. The van der Waals surface area contributed by atoms with E-state index in [9.17, 15) is 4.79 Å². The molecular formula is C12H18N2O. The van der Waals surface area contributed by atoms with E-state index in [-0.39, 0.29) is 0 Å². The maximum absolute atomic E-state index is 11.1. The zero-order chi connectivity index (χ0) is 10.7. The van der Waals surface area contributed by atoms with E-state index in [1.165, 1.54) is 5.56 Å². The van der Waals surface area contributed by atoms with Crippen molar-refractivity contribution in [2.45, 2.75) is 38.3 Å². The summed E-state index contributed by atoms with van der Waals surface area (Å²) in [6.07, 6.45) is 7.57. The van der Waals surface area contributed by atoms with Crippen LogP contribution in [0.15, 0.2) is 18.5 Å². The summed E-state index contributed by atoms with van der Waals surface area (Å²) >= 11 is 0. The van der Waals surface area contributed by atoms with Crippen LogP contribution < -0.4 is 0 Å². The average molecular weight is 206 g/mol. The van der Waals surface area contributed by atoms with E-state index in [0.29, 0.717) is 11.8 Å². The predicted octanol–water partition coefficient (Wildman–Crippen LogP) is 1.96. The van der Waals surface area contributed by atoms with Gasteiger partial charge in [0.15, 0.2) is 0 Å². The van der Waals surface area contributed by atoms with Crippen molar-refractivity contribution in [2.75, 3.05) is 7.05 Å². The van der Waals surface area contributed by atoms with Gasteiger partial charge in [0.2, 0.25) is 0 Å². The van der Waals surface area contributed by atoms with Gasteiger partial charge in [-0.05, 0) is 31.5 Å². The van der Waals surface area contributed by atoms with Crippen LogP contribution in [0, 0.1) is 0 Å². The lowest BCUT2D eigenvalue weighted by molar-refractivity contribution is -0.121. The van der Waals surface area contributed by atoms with Gasteiger partial charge < -0.3 is 4.98 Å². The van der Waals surface area contributed by atoms with Crippen molar-refractivity contribution in [1.29, 1.82) is 0 Å². The normalized spacial score (nSPS) is 18.7. The standard InChI is InChI=1S/C12H18N2O/c1-14(9-10-6-7-13-8-10)11-2-4-12(15)5-3-11/h6-8,11,13H,2-5,9H2,1H3. The number of Topliss-reactive ketones (excluding diaryl/α,β-unsaturated/α-hetero) is 1. The summed E-state index contributed by atoms with van der Waals surface area (Å²) in [5, 5.41) is 0. The quantitative estimate of drug-likeness (QED) is 0.820. The molecule has 0 spiro atoms. The highest BCUT2D eigenvalue weighted by molar-refractivity contribution is 5.79. The zero-order valence-corrected chi connectivity index (χ0v) is 9.20. The van der Waals surface area contributed by atoms with Crippen LogP contribution in [0.3, 0.4) is 0 Å². The third kappa shape index (κ3) is 2.69. The van der Waals surface area contributed by atoms with E-state index in [4.69, 9.17) is 0 Å². The van der Waals surface area contributed by atoms with Crippen molar-refractivity contribution in [3.63, 3.8) is 0 Å².